The van der Waals surface area contributed by atoms with E-state index < -0.39 is 23.4 Å². The van der Waals surface area contributed by atoms with E-state index in [0.717, 1.165) is 36.5 Å². The van der Waals surface area contributed by atoms with Gasteiger partial charge in [0.2, 0.25) is 0 Å². The van der Waals surface area contributed by atoms with E-state index in [9.17, 15) is 22.0 Å². The fourth-order valence-electron chi connectivity index (χ4n) is 3.23. The summed E-state index contributed by atoms with van der Waals surface area (Å²) in [5, 5.41) is 0. The summed E-state index contributed by atoms with van der Waals surface area (Å²) in [5.41, 5.74) is 0.260. The molecule has 0 saturated carbocycles. The fourth-order valence-corrected chi connectivity index (χ4v) is 3.23. The van der Waals surface area contributed by atoms with Crippen molar-refractivity contribution in [2.24, 2.45) is 5.92 Å². The van der Waals surface area contributed by atoms with Gasteiger partial charge in [0.25, 0.3) is 0 Å². The molecule has 0 radical (unpaired) electrons. The molecule has 0 fully saturated rings. The van der Waals surface area contributed by atoms with Crippen molar-refractivity contribution in [1.82, 2.24) is 0 Å². The first-order valence-corrected chi connectivity index (χ1v) is 8.29. The average Bonchev–Trinajstić information content (AvgIpc) is 2.61. The molecule has 0 heterocycles. The lowest BCUT2D eigenvalue weighted by Crippen LogP contribution is -2.12. The summed E-state index contributed by atoms with van der Waals surface area (Å²) >= 11 is 0. The van der Waals surface area contributed by atoms with Crippen LogP contribution in [0.2, 0.25) is 0 Å². The summed E-state index contributed by atoms with van der Waals surface area (Å²) in [7, 11) is 0. The van der Waals surface area contributed by atoms with Gasteiger partial charge < -0.3 is 0 Å². The Morgan fingerprint density at radius 1 is 0.962 bits per heavy atom. The Morgan fingerprint density at radius 3 is 2.15 bits per heavy atom. The van der Waals surface area contributed by atoms with Crippen LogP contribution in [0.3, 0.4) is 0 Å². The molecule has 1 unspecified atom stereocenters. The van der Waals surface area contributed by atoms with E-state index in [4.69, 9.17) is 0 Å². The molecule has 2 aromatic rings. The van der Waals surface area contributed by atoms with Crippen molar-refractivity contribution in [1.29, 1.82) is 0 Å². The largest absolute Gasteiger partial charge is 0.422 e. The highest BCUT2D eigenvalue weighted by molar-refractivity contribution is 5.71. The quantitative estimate of drug-likeness (QED) is 0.405. The smallest absolute Gasteiger partial charge is 0.206 e. The molecule has 0 N–H and O–H groups in total. The predicted molar refractivity (Wildman–Crippen MR) is 92.3 cm³/mol. The van der Waals surface area contributed by atoms with E-state index in [1.165, 1.54) is 0 Å². The molecule has 0 aliphatic heterocycles. The standard InChI is InChI=1S/C21H17F5/c1-2-13-3-5-14(6-4-13)15-7-9-16(10-8-15)17-11-12-18(22)19(20(17)23)21(24,25)26/h2,5,7-13H,1,3-4,6H2. The molecule has 0 nitrogen and oxygen atoms in total. The third-order valence-corrected chi connectivity index (χ3v) is 4.73. The molecule has 5 heteroatoms. The van der Waals surface area contributed by atoms with E-state index in [2.05, 4.69) is 12.7 Å². The number of halogens is 5. The maximum Gasteiger partial charge on any atom is 0.422 e. The van der Waals surface area contributed by atoms with Crippen molar-refractivity contribution >= 4 is 5.57 Å². The molecule has 2 aromatic carbocycles. The third-order valence-electron chi connectivity index (χ3n) is 4.73. The maximum atomic E-state index is 14.3. The van der Waals surface area contributed by atoms with Crippen molar-refractivity contribution in [2.75, 3.05) is 0 Å². The van der Waals surface area contributed by atoms with E-state index in [1.807, 2.05) is 6.08 Å². The normalized spacial score (nSPS) is 17.7. The van der Waals surface area contributed by atoms with Gasteiger partial charge in [-0.1, -0.05) is 36.4 Å². The Bertz CT molecular complexity index is 844. The number of hydrogen-bond acceptors (Lipinski definition) is 0. The van der Waals surface area contributed by atoms with Crippen LogP contribution in [0.25, 0.3) is 16.7 Å². The highest BCUT2D eigenvalue weighted by Crippen LogP contribution is 2.38. The van der Waals surface area contributed by atoms with Gasteiger partial charge in [-0.05, 0) is 54.0 Å². The summed E-state index contributed by atoms with van der Waals surface area (Å²) in [6.45, 7) is 3.79. The Kier molecular flexibility index (Phi) is 4.99. The molecule has 3 rings (SSSR count). The average molecular weight is 364 g/mol. The van der Waals surface area contributed by atoms with E-state index >= 15 is 0 Å². The van der Waals surface area contributed by atoms with Crippen LogP contribution < -0.4 is 0 Å². The summed E-state index contributed by atoms with van der Waals surface area (Å²) in [6, 6.07) is 8.31. The van der Waals surface area contributed by atoms with Crippen LogP contribution in [0.1, 0.15) is 30.4 Å². The Morgan fingerprint density at radius 2 is 1.62 bits per heavy atom. The zero-order chi connectivity index (χ0) is 18.9. The molecule has 1 aliphatic carbocycles. The molecule has 0 amide bonds. The molecule has 1 aliphatic rings. The van der Waals surface area contributed by atoms with E-state index in [0.29, 0.717) is 12.0 Å². The van der Waals surface area contributed by atoms with Gasteiger partial charge in [0.1, 0.15) is 17.2 Å². The first-order chi connectivity index (χ1) is 12.3. The molecular weight excluding hydrogens is 347 g/mol. The van der Waals surface area contributed by atoms with Crippen molar-refractivity contribution in [3.8, 4) is 11.1 Å². The van der Waals surface area contributed by atoms with Crippen LogP contribution in [-0.2, 0) is 6.18 Å². The molecule has 26 heavy (non-hydrogen) atoms. The van der Waals surface area contributed by atoms with Crippen LogP contribution in [0, 0.1) is 17.6 Å². The lowest BCUT2D eigenvalue weighted by Gasteiger charge is -2.19. The minimum absolute atomic E-state index is 0.269. The van der Waals surface area contributed by atoms with Gasteiger partial charge in [0.15, 0.2) is 0 Å². The van der Waals surface area contributed by atoms with Crippen molar-refractivity contribution in [3.63, 3.8) is 0 Å². The zero-order valence-electron chi connectivity index (χ0n) is 13.9. The molecule has 0 saturated heterocycles. The monoisotopic (exact) mass is 364 g/mol. The predicted octanol–water partition coefficient (Wildman–Crippen LogP) is 7.02. The minimum Gasteiger partial charge on any atom is -0.206 e. The minimum atomic E-state index is -5.08. The molecule has 136 valence electrons. The third kappa shape index (κ3) is 3.57. The lowest BCUT2D eigenvalue weighted by atomic mass is 9.86. The first kappa shape index (κ1) is 18.4. The molecule has 0 bridgehead atoms. The van der Waals surface area contributed by atoms with Gasteiger partial charge in [-0.25, -0.2) is 8.78 Å². The van der Waals surface area contributed by atoms with Gasteiger partial charge in [-0.15, -0.1) is 6.58 Å². The first-order valence-electron chi connectivity index (χ1n) is 8.29. The van der Waals surface area contributed by atoms with Gasteiger partial charge in [-0.2, -0.15) is 13.2 Å². The van der Waals surface area contributed by atoms with E-state index in [-0.39, 0.29) is 11.1 Å². The summed E-state index contributed by atoms with van der Waals surface area (Å²) in [6.07, 6.45) is 1.77. The highest BCUT2D eigenvalue weighted by atomic mass is 19.4. The zero-order valence-corrected chi connectivity index (χ0v) is 13.9. The highest BCUT2D eigenvalue weighted by Gasteiger charge is 2.38. The fraction of sp³-hybridized carbons (Fsp3) is 0.238. The van der Waals surface area contributed by atoms with Gasteiger partial charge in [0, 0.05) is 5.56 Å². The molecular formula is C21H17F5. The van der Waals surface area contributed by atoms with Crippen LogP contribution in [-0.4, -0.2) is 0 Å². The number of hydrogen-bond donors (Lipinski definition) is 0. The number of alkyl halides is 3. The van der Waals surface area contributed by atoms with Gasteiger partial charge in [0.05, 0.1) is 0 Å². The van der Waals surface area contributed by atoms with E-state index in [1.54, 1.807) is 24.3 Å². The van der Waals surface area contributed by atoms with Crippen LogP contribution in [0.5, 0.6) is 0 Å². The Balaban J connectivity index is 1.93. The number of benzene rings is 2. The summed E-state index contributed by atoms with van der Waals surface area (Å²) in [4.78, 5) is 0. The molecule has 0 spiro atoms. The van der Waals surface area contributed by atoms with Gasteiger partial charge in [-0.3, -0.25) is 0 Å². The SMILES string of the molecule is C=CC1CC=C(c2ccc(-c3ccc(F)c(C(F)(F)F)c3F)cc2)CC1. The second kappa shape index (κ2) is 7.06. The Hall–Kier alpha value is -2.43. The second-order valence-electron chi connectivity index (χ2n) is 6.36. The topological polar surface area (TPSA) is 0 Å². The lowest BCUT2D eigenvalue weighted by molar-refractivity contribution is -0.142. The van der Waals surface area contributed by atoms with Crippen LogP contribution in [0.4, 0.5) is 22.0 Å². The van der Waals surface area contributed by atoms with Crippen molar-refractivity contribution < 1.29 is 22.0 Å². The van der Waals surface area contributed by atoms with Crippen molar-refractivity contribution in [2.45, 2.75) is 25.4 Å². The summed E-state index contributed by atoms with van der Waals surface area (Å²) < 4.78 is 66.3. The van der Waals surface area contributed by atoms with Crippen molar-refractivity contribution in [3.05, 3.63) is 77.9 Å². The second-order valence-corrected chi connectivity index (χ2v) is 6.36. The van der Waals surface area contributed by atoms with Gasteiger partial charge >= 0.3 is 6.18 Å². The van der Waals surface area contributed by atoms with Crippen LogP contribution >= 0.6 is 0 Å². The molecule has 0 aromatic heterocycles. The molecule has 1 atom stereocenters. The maximum absolute atomic E-state index is 14.3. The number of rotatable bonds is 3. The van der Waals surface area contributed by atoms with Crippen LogP contribution in [0.15, 0.2) is 55.1 Å². The Labute approximate surface area is 148 Å². The number of allylic oxidation sites excluding steroid dienone is 3. The summed E-state index contributed by atoms with van der Waals surface area (Å²) in [5.74, 6) is -2.73.